The van der Waals surface area contributed by atoms with Gasteiger partial charge in [-0.1, -0.05) is 23.7 Å². The lowest BCUT2D eigenvalue weighted by atomic mass is 10.2. The highest BCUT2D eigenvalue weighted by Gasteiger charge is 2.06. The van der Waals surface area contributed by atoms with Crippen molar-refractivity contribution in [2.75, 3.05) is 12.0 Å². The molecule has 0 radical (unpaired) electrons. The molecule has 96 valence electrons. The number of halogens is 1. The van der Waals surface area contributed by atoms with E-state index in [-0.39, 0.29) is 0 Å². The lowest BCUT2D eigenvalue weighted by molar-refractivity contribution is 1.19. The molecular weight excluding hydrogens is 278 g/mol. The van der Waals surface area contributed by atoms with Crippen molar-refractivity contribution in [2.24, 2.45) is 0 Å². The average molecular weight is 290 g/mol. The molecule has 2 heterocycles. The number of nitrogen functional groups attached to an aromatic ring is 1. The van der Waals surface area contributed by atoms with Crippen LogP contribution in [-0.2, 0) is 0 Å². The molecule has 1 aromatic carbocycles. The van der Waals surface area contributed by atoms with Crippen LogP contribution in [0.25, 0.3) is 16.9 Å². The first kappa shape index (κ1) is 12.4. The standard InChI is InChI=1S/C14H12ClN3S/c1-19-10-4-2-9(3-5-10)13-8-18-7-12(16)11(15)6-14(18)17-13/h2-8H,16H2,1H3. The highest BCUT2D eigenvalue weighted by Crippen LogP contribution is 2.25. The molecule has 0 saturated carbocycles. The van der Waals surface area contributed by atoms with Crippen molar-refractivity contribution >= 4 is 34.7 Å². The van der Waals surface area contributed by atoms with Crippen LogP contribution in [0.15, 0.2) is 47.6 Å². The average Bonchev–Trinajstić information content (AvgIpc) is 2.82. The summed E-state index contributed by atoms with van der Waals surface area (Å²) >= 11 is 7.72. The van der Waals surface area contributed by atoms with Crippen LogP contribution in [0.2, 0.25) is 5.02 Å². The second-order valence-electron chi connectivity index (χ2n) is 4.20. The Morgan fingerprint density at radius 2 is 1.95 bits per heavy atom. The summed E-state index contributed by atoms with van der Waals surface area (Å²) in [7, 11) is 0. The quantitative estimate of drug-likeness (QED) is 0.726. The Balaban J connectivity index is 2.09. The largest absolute Gasteiger partial charge is 0.396 e. The van der Waals surface area contributed by atoms with Crippen LogP contribution in [0.4, 0.5) is 5.69 Å². The topological polar surface area (TPSA) is 43.3 Å². The molecule has 0 aliphatic heterocycles. The molecule has 2 N–H and O–H groups in total. The smallest absolute Gasteiger partial charge is 0.139 e. The van der Waals surface area contributed by atoms with Gasteiger partial charge in [-0.05, 0) is 18.4 Å². The van der Waals surface area contributed by atoms with E-state index in [2.05, 4.69) is 35.5 Å². The first-order valence-corrected chi connectivity index (χ1v) is 7.36. The number of pyridine rings is 1. The molecule has 0 aliphatic rings. The third-order valence-corrected chi connectivity index (χ3v) is 4.03. The Kier molecular flexibility index (Phi) is 3.12. The highest BCUT2D eigenvalue weighted by molar-refractivity contribution is 7.98. The van der Waals surface area contributed by atoms with Crippen molar-refractivity contribution in [1.82, 2.24) is 9.38 Å². The van der Waals surface area contributed by atoms with E-state index in [0.29, 0.717) is 10.7 Å². The van der Waals surface area contributed by atoms with Gasteiger partial charge in [0.25, 0.3) is 0 Å². The number of benzene rings is 1. The van der Waals surface area contributed by atoms with E-state index < -0.39 is 0 Å². The fraction of sp³-hybridized carbons (Fsp3) is 0.0714. The zero-order valence-electron chi connectivity index (χ0n) is 10.3. The van der Waals surface area contributed by atoms with Gasteiger partial charge in [0.05, 0.1) is 16.4 Å². The number of hydrogen-bond donors (Lipinski definition) is 1. The van der Waals surface area contributed by atoms with Gasteiger partial charge in [-0.3, -0.25) is 0 Å². The summed E-state index contributed by atoms with van der Waals surface area (Å²) in [5.74, 6) is 0. The molecule has 0 saturated heterocycles. The Labute approximate surface area is 120 Å². The molecule has 3 rings (SSSR count). The van der Waals surface area contributed by atoms with Gasteiger partial charge in [0.1, 0.15) is 5.65 Å². The van der Waals surface area contributed by atoms with Crippen LogP contribution in [0.1, 0.15) is 0 Å². The Bertz CT molecular complexity index is 695. The van der Waals surface area contributed by atoms with Gasteiger partial charge in [0.15, 0.2) is 0 Å². The predicted octanol–water partition coefficient (Wildman–Crippen LogP) is 3.96. The summed E-state index contributed by atoms with van der Waals surface area (Å²) < 4.78 is 1.89. The molecular formula is C14H12ClN3S. The minimum absolute atomic E-state index is 0.530. The third-order valence-electron chi connectivity index (χ3n) is 2.96. The third kappa shape index (κ3) is 2.29. The molecule has 19 heavy (non-hydrogen) atoms. The van der Waals surface area contributed by atoms with Crippen LogP contribution in [0, 0.1) is 0 Å². The van der Waals surface area contributed by atoms with Crippen molar-refractivity contribution in [3.8, 4) is 11.3 Å². The van der Waals surface area contributed by atoms with E-state index in [9.17, 15) is 0 Å². The van der Waals surface area contributed by atoms with Gasteiger partial charge in [0, 0.05) is 28.9 Å². The summed E-state index contributed by atoms with van der Waals surface area (Å²) in [6.45, 7) is 0. The number of hydrogen-bond acceptors (Lipinski definition) is 3. The number of nitrogens with zero attached hydrogens (tertiary/aromatic N) is 2. The summed E-state index contributed by atoms with van der Waals surface area (Å²) in [5.41, 5.74) is 9.13. The van der Waals surface area contributed by atoms with Crippen LogP contribution >= 0.6 is 23.4 Å². The molecule has 0 atom stereocenters. The maximum atomic E-state index is 6.00. The molecule has 0 spiro atoms. The molecule has 2 aromatic heterocycles. The fourth-order valence-electron chi connectivity index (χ4n) is 1.93. The van der Waals surface area contributed by atoms with Crippen LogP contribution in [-0.4, -0.2) is 15.6 Å². The number of nitrogens with two attached hydrogens (primary N) is 1. The molecule has 0 unspecified atom stereocenters. The fourth-order valence-corrected chi connectivity index (χ4v) is 2.48. The monoisotopic (exact) mass is 289 g/mol. The Morgan fingerprint density at radius 1 is 1.21 bits per heavy atom. The zero-order chi connectivity index (χ0) is 13.4. The van der Waals surface area contributed by atoms with E-state index in [1.165, 1.54) is 4.90 Å². The van der Waals surface area contributed by atoms with Crippen LogP contribution in [0.3, 0.4) is 0 Å². The van der Waals surface area contributed by atoms with E-state index in [0.717, 1.165) is 16.9 Å². The second-order valence-corrected chi connectivity index (χ2v) is 5.48. The van der Waals surface area contributed by atoms with Crippen molar-refractivity contribution in [3.05, 3.63) is 47.7 Å². The molecule has 3 nitrogen and oxygen atoms in total. The normalized spacial score (nSPS) is 11.1. The molecule has 5 heteroatoms. The van der Waals surface area contributed by atoms with E-state index in [4.69, 9.17) is 17.3 Å². The van der Waals surface area contributed by atoms with Crippen molar-refractivity contribution in [3.63, 3.8) is 0 Å². The maximum absolute atomic E-state index is 6.00. The summed E-state index contributed by atoms with van der Waals surface area (Å²) in [6, 6.07) is 10.1. The molecule has 0 fully saturated rings. The van der Waals surface area contributed by atoms with Gasteiger partial charge < -0.3 is 10.1 Å². The van der Waals surface area contributed by atoms with Crippen LogP contribution < -0.4 is 5.73 Å². The van der Waals surface area contributed by atoms with Crippen LogP contribution in [0.5, 0.6) is 0 Å². The molecule has 0 bridgehead atoms. The number of fused-ring (bicyclic) bond motifs is 1. The Morgan fingerprint density at radius 3 is 2.63 bits per heavy atom. The highest BCUT2D eigenvalue weighted by atomic mass is 35.5. The predicted molar refractivity (Wildman–Crippen MR) is 81.8 cm³/mol. The minimum Gasteiger partial charge on any atom is -0.396 e. The molecule has 0 amide bonds. The zero-order valence-corrected chi connectivity index (χ0v) is 11.9. The first-order chi connectivity index (χ1) is 9.17. The SMILES string of the molecule is CSc1ccc(-c2cn3cc(N)c(Cl)cc3n2)cc1. The summed E-state index contributed by atoms with van der Waals surface area (Å²) in [4.78, 5) is 5.79. The lowest BCUT2D eigenvalue weighted by Gasteiger charge is -1.98. The summed E-state index contributed by atoms with van der Waals surface area (Å²) in [6.07, 6.45) is 5.80. The number of aromatic nitrogens is 2. The number of rotatable bonds is 2. The maximum Gasteiger partial charge on any atom is 0.139 e. The van der Waals surface area contributed by atoms with E-state index >= 15 is 0 Å². The van der Waals surface area contributed by atoms with E-state index in [1.807, 2.05) is 10.6 Å². The lowest BCUT2D eigenvalue weighted by Crippen LogP contribution is -1.90. The Hall–Kier alpha value is -1.65. The van der Waals surface area contributed by atoms with Gasteiger partial charge in [-0.2, -0.15) is 0 Å². The number of imidazole rings is 1. The molecule has 3 aromatic rings. The van der Waals surface area contributed by atoms with Crippen molar-refractivity contribution < 1.29 is 0 Å². The molecule has 0 aliphatic carbocycles. The van der Waals surface area contributed by atoms with Crippen molar-refractivity contribution in [2.45, 2.75) is 4.90 Å². The first-order valence-electron chi connectivity index (χ1n) is 5.75. The summed E-state index contributed by atoms with van der Waals surface area (Å²) in [5, 5.41) is 0.530. The second kappa shape index (κ2) is 4.79. The van der Waals surface area contributed by atoms with Gasteiger partial charge in [0.2, 0.25) is 0 Å². The van der Waals surface area contributed by atoms with Gasteiger partial charge in [-0.15, -0.1) is 11.8 Å². The van der Waals surface area contributed by atoms with Crippen molar-refractivity contribution in [1.29, 1.82) is 0 Å². The van der Waals surface area contributed by atoms with E-state index in [1.54, 1.807) is 24.0 Å². The van der Waals surface area contributed by atoms with Gasteiger partial charge >= 0.3 is 0 Å². The number of anilines is 1. The number of thioether (sulfide) groups is 1. The van der Waals surface area contributed by atoms with Gasteiger partial charge in [-0.25, -0.2) is 4.98 Å². The minimum atomic E-state index is 0.530.